The zero-order chi connectivity index (χ0) is 7.71. The van der Waals surface area contributed by atoms with E-state index in [1.807, 2.05) is 0 Å². The topological polar surface area (TPSA) is 60.7 Å². The number of hydrogen-bond acceptors (Lipinski definition) is 3. The molecule has 0 saturated heterocycles. The second kappa shape index (κ2) is 3.15. The molecule has 6 heteroatoms. The minimum absolute atomic E-state index is 0.611. The molecule has 0 aliphatic rings. The predicted octanol–water partition coefficient (Wildman–Crippen LogP) is 0.498. The van der Waals surface area contributed by atoms with Crippen molar-refractivity contribution in [1.29, 1.82) is 0 Å². The first-order valence-corrected chi connectivity index (χ1v) is 4.31. The highest BCUT2D eigenvalue weighted by molar-refractivity contribution is 9.26. The van der Waals surface area contributed by atoms with Crippen LogP contribution in [-0.4, -0.2) is 29.9 Å². The van der Waals surface area contributed by atoms with Crippen molar-refractivity contribution in [3.05, 3.63) is 0 Å². The van der Waals surface area contributed by atoms with E-state index in [-0.39, 0.29) is 0 Å². The van der Waals surface area contributed by atoms with E-state index < -0.39 is 14.5 Å². The normalized spacial score (nSPS) is 19.3. The van der Waals surface area contributed by atoms with Gasteiger partial charge in [-0.15, -0.1) is 0 Å². The van der Waals surface area contributed by atoms with Gasteiger partial charge in [-0.2, -0.15) is 0 Å². The maximum atomic E-state index is 8.98. The Hall–Kier alpha value is 1.32. The second-order valence-electron chi connectivity index (χ2n) is 1.46. The maximum absolute atomic E-state index is 8.98. The fourth-order valence-electron chi connectivity index (χ4n) is 0.0951. The molecule has 56 valence electrons. The summed E-state index contributed by atoms with van der Waals surface area (Å²) in [4.78, 5) is 0. The molecule has 0 spiro atoms. The van der Waals surface area contributed by atoms with Crippen LogP contribution in [0.25, 0.3) is 0 Å². The highest BCUT2D eigenvalue weighted by atomic mass is 79.9. The Morgan fingerprint density at radius 1 is 1.11 bits per heavy atom. The van der Waals surface area contributed by atoms with Gasteiger partial charge in [-0.3, -0.25) is 0 Å². The van der Waals surface area contributed by atoms with Gasteiger partial charge in [0.15, 0.2) is 4.51 Å². The Kier molecular flexibility index (Phi) is 3.61. The average Bonchev–Trinajstić information content (AvgIpc) is 1.64. The monoisotopic (exact) mass is 326 g/mol. The Bertz CT molecular complexity index is 97.0. The number of halogens is 3. The molecule has 0 radical (unpaired) electrons. The van der Waals surface area contributed by atoms with Crippen LogP contribution >= 0.6 is 47.8 Å². The molecule has 3 nitrogen and oxygen atoms in total. The molecule has 0 aromatic rings. The zero-order valence-electron chi connectivity index (χ0n) is 4.18. The van der Waals surface area contributed by atoms with Crippen molar-refractivity contribution in [2.45, 2.75) is 7.93 Å². The van der Waals surface area contributed by atoms with E-state index >= 15 is 0 Å². The summed E-state index contributed by atoms with van der Waals surface area (Å²) in [6.07, 6.45) is 0. The highest BCUT2D eigenvalue weighted by Crippen LogP contribution is 2.38. The van der Waals surface area contributed by atoms with E-state index in [4.69, 9.17) is 15.3 Å². The summed E-state index contributed by atoms with van der Waals surface area (Å²) in [5.41, 5.74) is 0. The molecule has 0 aliphatic heterocycles. The molecule has 3 N–H and O–H groups in total. The smallest absolute Gasteiger partial charge is 0.216 e. The van der Waals surface area contributed by atoms with Crippen LogP contribution in [-0.2, 0) is 0 Å². The van der Waals surface area contributed by atoms with Crippen LogP contribution in [0.2, 0.25) is 0 Å². The zero-order valence-corrected chi connectivity index (χ0v) is 8.94. The molecule has 0 aromatic heterocycles. The van der Waals surface area contributed by atoms with Crippen LogP contribution in [0.1, 0.15) is 0 Å². The Morgan fingerprint density at radius 3 is 1.44 bits per heavy atom. The molecular weight excluding hydrogens is 324 g/mol. The summed E-state index contributed by atoms with van der Waals surface area (Å²) < 4.78 is -3.47. The predicted molar refractivity (Wildman–Crippen MR) is 43.8 cm³/mol. The third-order valence-electron chi connectivity index (χ3n) is 0.670. The lowest BCUT2D eigenvalue weighted by Crippen LogP contribution is -2.42. The molecule has 1 atom stereocenters. The van der Waals surface area contributed by atoms with Crippen LogP contribution in [0.5, 0.6) is 0 Å². The van der Waals surface area contributed by atoms with E-state index in [1.165, 1.54) is 0 Å². The lowest BCUT2D eigenvalue weighted by Gasteiger charge is -2.27. The lowest BCUT2D eigenvalue weighted by atomic mass is 10.4. The van der Waals surface area contributed by atoms with Crippen molar-refractivity contribution >= 4 is 47.8 Å². The van der Waals surface area contributed by atoms with Crippen molar-refractivity contribution in [2.75, 3.05) is 6.61 Å². The lowest BCUT2D eigenvalue weighted by molar-refractivity contribution is -0.00295. The van der Waals surface area contributed by atoms with Gasteiger partial charge >= 0.3 is 0 Å². The van der Waals surface area contributed by atoms with Crippen molar-refractivity contribution in [2.24, 2.45) is 0 Å². The van der Waals surface area contributed by atoms with Crippen LogP contribution in [0.3, 0.4) is 0 Å². The van der Waals surface area contributed by atoms with E-state index in [9.17, 15) is 0 Å². The molecule has 0 rings (SSSR count). The van der Waals surface area contributed by atoms with Crippen LogP contribution < -0.4 is 0 Å². The molecule has 0 bridgehead atoms. The third-order valence-corrected chi connectivity index (χ3v) is 3.87. The minimum Gasteiger partial charge on any atom is -0.392 e. The molecule has 0 amide bonds. The van der Waals surface area contributed by atoms with Gasteiger partial charge in [0.25, 0.3) is 0 Å². The summed E-state index contributed by atoms with van der Waals surface area (Å²) in [7, 11) is 0. The van der Waals surface area contributed by atoms with Gasteiger partial charge in [0.05, 0.1) is 6.61 Å². The van der Waals surface area contributed by atoms with E-state index in [0.717, 1.165) is 0 Å². The molecule has 9 heavy (non-hydrogen) atoms. The van der Waals surface area contributed by atoms with E-state index in [2.05, 4.69) is 47.8 Å². The van der Waals surface area contributed by atoms with Crippen molar-refractivity contribution in [1.82, 2.24) is 0 Å². The molecule has 0 aliphatic carbocycles. The second-order valence-corrected chi connectivity index (χ2v) is 6.13. The van der Waals surface area contributed by atoms with Gasteiger partial charge in [-0.05, 0) is 47.8 Å². The molecule has 0 heterocycles. The average molecular weight is 329 g/mol. The minimum atomic E-state index is -1.76. The fourth-order valence-corrected chi connectivity index (χ4v) is 0.346. The quantitative estimate of drug-likeness (QED) is 0.647. The van der Waals surface area contributed by atoms with Gasteiger partial charge in [0.1, 0.15) is 0 Å². The van der Waals surface area contributed by atoms with Gasteiger partial charge in [0.2, 0.25) is 3.42 Å². The van der Waals surface area contributed by atoms with Gasteiger partial charge in [-0.25, -0.2) is 0 Å². The SMILES string of the molecule is OCC(O)(Br)C(O)(Br)Br. The largest absolute Gasteiger partial charge is 0.392 e. The van der Waals surface area contributed by atoms with Crippen molar-refractivity contribution < 1.29 is 15.3 Å². The first kappa shape index (κ1) is 10.3. The first-order chi connectivity index (χ1) is 3.81. The number of rotatable bonds is 2. The van der Waals surface area contributed by atoms with Gasteiger partial charge < -0.3 is 15.3 Å². The molecule has 0 fully saturated rings. The van der Waals surface area contributed by atoms with Gasteiger partial charge in [-0.1, -0.05) is 0 Å². The summed E-state index contributed by atoms with van der Waals surface area (Å²) >= 11 is 8.01. The molecule has 1 unspecified atom stereocenters. The summed E-state index contributed by atoms with van der Waals surface area (Å²) in [6.45, 7) is -0.611. The number of alkyl halides is 3. The first-order valence-electron chi connectivity index (χ1n) is 1.93. The van der Waals surface area contributed by atoms with Crippen LogP contribution in [0, 0.1) is 0 Å². The Labute approximate surface area is 77.5 Å². The van der Waals surface area contributed by atoms with E-state index in [1.54, 1.807) is 0 Å². The molecule has 0 aromatic carbocycles. The fraction of sp³-hybridized carbons (Fsp3) is 1.00. The van der Waals surface area contributed by atoms with Crippen molar-refractivity contribution in [3.63, 3.8) is 0 Å². The van der Waals surface area contributed by atoms with Crippen LogP contribution in [0.4, 0.5) is 0 Å². The Balaban J connectivity index is 4.14. The van der Waals surface area contributed by atoms with Crippen LogP contribution in [0.15, 0.2) is 0 Å². The highest BCUT2D eigenvalue weighted by Gasteiger charge is 2.43. The Morgan fingerprint density at radius 2 is 1.44 bits per heavy atom. The summed E-state index contributed by atoms with van der Waals surface area (Å²) in [6, 6.07) is 0. The standard InChI is InChI=1S/C3H5Br3O3/c4-2(8,1-7)3(5,6)9/h7-9H,1H2. The summed E-state index contributed by atoms with van der Waals surface area (Å²) in [5, 5.41) is 26.3. The third kappa shape index (κ3) is 2.81. The number of hydrogen-bond donors (Lipinski definition) is 3. The maximum Gasteiger partial charge on any atom is 0.216 e. The number of aliphatic hydroxyl groups is 3. The number of aliphatic hydroxyl groups excluding tert-OH is 1. The van der Waals surface area contributed by atoms with Gasteiger partial charge in [0, 0.05) is 0 Å². The van der Waals surface area contributed by atoms with E-state index in [0.29, 0.717) is 0 Å². The summed E-state index contributed by atoms with van der Waals surface area (Å²) in [5.74, 6) is 0. The van der Waals surface area contributed by atoms with Crippen molar-refractivity contribution in [3.8, 4) is 0 Å². The molecular formula is C3H5Br3O3. The molecule has 0 saturated carbocycles.